The maximum absolute atomic E-state index is 14.7. The molecule has 3 saturated heterocycles. The van der Waals surface area contributed by atoms with Gasteiger partial charge in [0.15, 0.2) is 52.2 Å². The van der Waals surface area contributed by atoms with Crippen LogP contribution in [0.25, 0.3) is 33.4 Å². The van der Waals surface area contributed by atoms with Crippen LogP contribution in [-0.2, 0) is 47.3 Å². The molecule has 552 valence electrons. The minimum atomic E-state index is -3.19. The molecular formula is C78H92Cl2F6N10O6S. The maximum Gasteiger partial charge on any atom is 0.229 e. The van der Waals surface area contributed by atoms with E-state index in [-0.39, 0.29) is 70.3 Å². The number of rotatable bonds is 22. The first kappa shape index (κ1) is 80.1. The highest BCUT2D eigenvalue weighted by Gasteiger charge is 2.27. The summed E-state index contributed by atoms with van der Waals surface area (Å²) in [6, 6.07) is 29.7. The average molecular weight is 1480 g/mol. The monoisotopic (exact) mass is 1480 g/mol. The lowest BCUT2D eigenvalue weighted by atomic mass is 9.98. The number of nitrogens with zero attached hydrogens (tertiary/aromatic N) is 9. The normalized spacial score (nSPS) is 14.3. The zero-order chi connectivity index (χ0) is 72.7. The molecule has 0 saturated carbocycles. The third-order valence-corrected chi connectivity index (χ3v) is 18.3. The summed E-state index contributed by atoms with van der Waals surface area (Å²) in [5.74, 6) is -1.85. The Labute approximate surface area is 611 Å². The van der Waals surface area contributed by atoms with Gasteiger partial charge in [0.25, 0.3) is 0 Å². The summed E-state index contributed by atoms with van der Waals surface area (Å²) in [7, 11) is 3.18. The molecule has 0 amide bonds. The molecule has 3 fully saturated rings. The minimum Gasteiger partial charge on any atom is -0.487 e. The van der Waals surface area contributed by atoms with E-state index < -0.39 is 44.0 Å². The Morgan fingerprint density at radius 1 is 0.447 bits per heavy atom. The van der Waals surface area contributed by atoms with Crippen molar-refractivity contribution < 1.29 is 55.5 Å². The summed E-state index contributed by atoms with van der Waals surface area (Å²) < 4.78 is 123. The smallest absolute Gasteiger partial charge is 0.229 e. The van der Waals surface area contributed by atoms with E-state index in [1.54, 1.807) is 36.4 Å². The highest BCUT2D eigenvalue weighted by Crippen LogP contribution is 2.35. The number of piperidine rings is 3. The molecule has 3 aliphatic rings. The Kier molecular flexibility index (Phi) is 30.6. The summed E-state index contributed by atoms with van der Waals surface area (Å²) in [4.78, 5) is 33.0. The number of aromatic nitrogens is 6. The van der Waals surface area contributed by atoms with Crippen LogP contribution >= 0.6 is 22.3 Å². The Bertz CT molecular complexity index is 3980. The first-order chi connectivity index (χ1) is 49.2. The van der Waals surface area contributed by atoms with Crippen molar-refractivity contribution >= 4 is 49.2 Å². The number of halogens is 8. The molecule has 0 bridgehead atoms. The topological polar surface area (TPSA) is 181 Å². The van der Waals surface area contributed by atoms with Crippen LogP contribution in [0.1, 0.15) is 102 Å². The van der Waals surface area contributed by atoms with E-state index >= 15 is 0 Å². The first-order valence-corrected chi connectivity index (χ1v) is 37.5. The van der Waals surface area contributed by atoms with Crippen molar-refractivity contribution in [3.63, 3.8) is 0 Å². The van der Waals surface area contributed by atoms with Gasteiger partial charge in [-0.25, -0.2) is 64.7 Å². The first-order valence-electron chi connectivity index (χ1n) is 34.2. The largest absolute Gasteiger partial charge is 0.487 e. The number of ether oxygens (including phenoxy) is 3. The standard InChI is InChI=1S/C26H30F2N4O.C25H26ClF2N3O.C25H27F2N3O2.CH3ClO2S.CH4.H2/c1-3-18-15-30-26(31-16-18)32-10-8-20(9-11-32)17-33-25-23(27)12-22(13-24(25)28)21-6-4-19(5-7-21)14-29-2;1-2-17-14-29-25(30-15-17)31-9-7-19(8-10-31)16-32-24-22(27)11-21(12-23(24)28)20-5-3-18(13-26)4-6-20;1-2-17-13-28-25(29-14-17)30-9-7-19(8-10-30)16-32-24-22(26)11-21(12-23(24)27)20-5-3-18(15-31)4-6-20;1-5(2,3)4;;/h4-7,12-13,15-16,20,29H,3,8-11,14,17H2,1-2H3;3-6,11-12,14-15,19H,2,7-10,13,16H2,1H3;3-6,11-14,19,31H,2,7-10,15-16H2,1H3;1H3;1H4;1H. The molecule has 2 N–H and O–H groups in total. The van der Waals surface area contributed by atoms with Crippen LogP contribution in [0.15, 0.2) is 146 Å². The molecule has 9 aromatic rings. The second-order valence-electron chi connectivity index (χ2n) is 25.4. The lowest BCUT2D eigenvalue weighted by Gasteiger charge is -2.31. The van der Waals surface area contributed by atoms with Crippen LogP contribution < -0.4 is 34.2 Å². The molecule has 6 aromatic carbocycles. The summed E-state index contributed by atoms with van der Waals surface area (Å²) in [5, 5.41) is 12.2. The van der Waals surface area contributed by atoms with Crippen LogP contribution in [0.4, 0.5) is 44.2 Å². The van der Waals surface area contributed by atoms with Crippen molar-refractivity contribution in [1.29, 1.82) is 0 Å². The molecule has 0 spiro atoms. The number of anilines is 3. The fraction of sp³-hybridized carbons (Fsp3) is 0.385. The van der Waals surface area contributed by atoms with Crippen LogP contribution in [0.5, 0.6) is 17.2 Å². The van der Waals surface area contributed by atoms with Gasteiger partial charge in [0.2, 0.25) is 26.9 Å². The van der Waals surface area contributed by atoms with Crippen molar-refractivity contribution in [3.8, 4) is 50.6 Å². The highest BCUT2D eigenvalue weighted by molar-refractivity contribution is 8.13. The summed E-state index contributed by atoms with van der Waals surface area (Å²) >= 11 is 5.80. The Morgan fingerprint density at radius 3 is 0.913 bits per heavy atom. The number of benzene rings is 6. The zero-order valence-corrected chi connectivity index (χ0v) is 60.2. The molecule has 12 rings (SSSR count). The van der Waals surface area contributed by atoms with Gasteiger partial charge in [0, 0.05) is 101 Å². The molecular weight excluding hydrogens is 1390 g/mol. The van der Waals surface area contributed by atoms with Gasteiger partial charge in [0.05, 0.1) is 32.7 Å². The van der Waals surface area contributed by atoms with E-state index in [4.69, 9.17) is 30.9 Å². The number of hydrogen-bond donors (Lipinski definition) is 2. The van der Waals surface area contributed by atoms with Crippen molar-refractivity contribution in [3.05, 3.63) is 215 Å². The Balaban J connectivity index is 0.000000209. The van der Waals surface area contributed by atoms with Gasteiger partial charge in [0.1, 0.15) is 0 Å². The number of hydrogen-bond acceptors (Lipinski definition) is 16. The van der Waals surface area contributed by atoms with Gasteiger partial charge in [-0.15, -0.1) is 11.6 Å². The van der Waals surface area contributed by atoms with Gasteiger partial charge in [-0.05, 0) is 186 Å². The molecule has 0 radical (unpaired) electrons. The van der Waals surface area contributed by atoms with Crippen LogP contribution in [0.2, 0.25) is 0 Å². The quantitative estimate of drug-likeness (QED) is 0.0371. The fourth-order valence-electron chi connectivity index (χ4n) is 11.8. The number of alkyl halides is 1. The number of aliphatic hydroxyl groups is 1. The van der Waals surface area contributed by atoms with Gasteiger partial charge in [-0.3, -0.25) is 0 Å². The molecule has 25 heteroatoms. The van der Waals surface area contributed by atoms with Crippen molar-refractivity contribution in [1.82, 2.24) is 35.2 Å². The van der Waals surface area contributed by atoms with E-state index in [1.165, 1.54) is 36.4 Å². The third kappa shape index (κ3) is 23.7. The van der Waals surface area contributed by atoms with E-state index in [1.807, 2.05) is 80.6 Å². The number of nitrogens with one attached hydrogen (secondary N) is 1. The van der Waals surface area contributed by atoms with Gasteiger partial charge in [-0.1, -0.05) is 101 Å². The predicted molar refractivity (Wildman–Crippen MR) is 399 cm³/mol. The van der Waals surface area contributed by atoms with Crippen LogP contribution in [0.3, 0.4) is 0 Å². The molecule has 3 aromatic heterocycles. The summed E-state index contributed by atoms with van der Waals surface area (Å²) in [6.07, 6.45) is 19.9. The third-order valence-electron chi connectivity index (χ3n) is 18.0. The van der Waals surface area contributed by atoms with Gasteiger partial charge < -0.3 is 39.3 Å². The second-order valence-corrected chi connectivity index (χ2v) is 28.7. The van der Waals surface area contributed by atoms with E-state index in [9.17, 15) is 34.8 Å². The molecule has 3 aliphatic heterocycles. The number of aliphatic hydroxyl groups excluding tert-OH is 1. The van der Waals surface area contributed by atoms with Crippen molar-refractivity contribution in [2.24, 2.45) is 17.8 Å². The number of aryl methyl sites for hydroxylation is 3. The average Bonchev–Trinajstić information content (AvgIpc) is 0.834. The van der Waals surface area contributed by atoms with E-state index in [0.29, 0.717) is 28.1 Å². The van der Waals surface area contributed by atoms with Crippen molar-refractivity contribution in [2.75, 3.05) is 87.1 Å². The van der Waals surface area contributed by atoms with Crippen LogP contribution in [0, 0.1) is 52.7 Å². The Hall–Kier alpha value is -8.61. The van der Waals surface area contributed by atoms with E-state index in [0.717, 1.165) is 172 Å². The lowest BCUT2D eigenvalue weighted by molar-refractivity contribution is 0.207. The van der Waals surface area contributed by atoms with Gasteiger partial charge in [-0.2, -0.15) is 0 Å². The molecule has 0 aliphatic carbocycles. The van der Waals surface area contributed by atoms with Crippen LogP contribution in [-0.4, -0.2) is 116 Å². The minimum absolute atomic E-state index is 0. The zero-order valence-electron chi connectivity index (χ0n) is 57.9. The van der Waals surface area contributed by atoms with E-state index in [2.05, 4.69) is 81.4 Å². The molecule has 6 heterocycles. The molecule has 103 heavy (non-hydrogen) atoms. The SMILES string of the molecule is C.CCc1cnc(N2CCC(COc3c(F)cc(-c4ccc(CCl)cc4)cc3F)CC2)nc1.CCc1cnc(N2CCC(COc3c(F)cc(-c4ccc(CNC)cc4)cc3F)CC2)nc1.CCc1cnc(N2CCC(COc3c(F)cc(-c4ccc(CO)cc4)cc3F)CC2)nc1.CS(=O)(=O)Cl.[HH]. The highest BCUT2D eigenvalue weighted by atomic mass is 35.7. The molecule has 0 atom stereocenters. The fourth-order valence-corrected chi connectivity index (χ4v) is 12.0. The van der Waals surface area contributed by atoms with Crippen molar-refractivity contribution in [2.45, 2.75) is 105 Å². The predicted octanol–water partition coefficient (Wildman–Crippen LogP) is 16.9. The molecule has 0 unspecified atom stereocenters. The van der Waals surface area contributed by atoms with Gasteiger partial charge >= 0.3 is 0 Å². The maximum atomic E-state index is 14.7. The second kappa shape index (κ2) is 39.3. The molecule has 16 nitrogen and oxygen atoms in total. The Morgan fingerprint density at radius 2 is 0.689 bits per heavy atom. The summed E-state index contributed by atoms with van der Waals surface area (Å²) in [5.41, 5.74) is 9.69. The summed E-state index contributed by atoms with van der Waals surface area (Å²) in [6.45, 7) is 12.5. The lowest BCUT2D eigenvalue weighted by Crippen LogP contribution is -2.36.